The number of furan rings is 1. The number of carboxylic acid groups (broad SMARTS) is 1. The van der Waals surface area contributed by atoms with E-state index in [1.54, 1.807) is 6.07 Å². The second-order valence-electron chi connectivity index (χ2n) is 4.68. The van der Waals surface area contributed by atoms with E-state index in [0.29, 0.717) is 5.88 Å². The Morgan fingerprint density at radius 2 is 2.00 bits per heavy atom. The molecular weight excluding hydrogens is 242 g/mol. The van der Waals surface area contributed by atoms with Crippen molar-refractivity contribution in [3.05, 3.63) is 47.7 Å². The van der Waals surface area contributed by atoms with Crippen molar-refractivity contribution >= 4 is 17.5 Å². The van der Waals surface area contributed by atoms with Gasteiger partial charge in [-0.2, -0.15) is 0 Å². The standard InChI is InChI=1S/C15H15NO3/c17-15(18)13-8-9-14(19-13)16-10-4-3-6-11-5-1-2-7-12(11)16/h1-2,5,7-9H,3-4,6,10H2,(H,17,18). The first-order chi connectivity index (χ1) is 9.25. The minimum absolute atomic E-state index is 0.0169. The van der Waals surface area contributed by atoms with Gasteiger partial charge in [0.15, 0.2) is 0 Å². The number of aryl methyl sites for hydroxylation is 1. The Hall–Kier alpha value is -2.23. The molecule has 2 heterocycles. The Morgan fingerprint density at radius 1 is 1.16 bits per heavy atom. The molecule has 0 radical (unpaired) electrons. The van der Waals surface area contributed by atoms with Gasteiger partial charge < -0.3 is 14.4 Å². The number of benzene rings is 1. The van der Waals surface area contributed by atoms with E-state index in [9.17, 15) is 4.79 Å². The number of hydrogen-bond donors (Lipinski definition) is 1. The Morgan fingerprint density at radius 3 is 2.79 bits per heavy atom. The van der Waals surface area contributed by atoms with E-state index in [4.69, 9.17) is 9.52 Å². The number of fused-ring (bicyclic) bond motifs is 1. The van der Waals surface area contributed by atoms with Gasteiger partial charge in [-0.1, -0.05) is 18.2 Å². The average molecular weight is 257 g/mol. The molecule has 98 valence electrons. The monoisotopic (exact) mass is 257 g/mol. The topological polar surface area (TPSA) is 53.7 Å². The first-order valence-corrected chi connectivity index (χ1v) is 6.44. The molecule has 0 amide bonds. The summed E-state index contributed by atoms with van der Waals surface area (Å²) in [6.45, 7) is 0.851. The fraction of sp³-hybridized carbons (Fsp3) is 0.267. The highest BCUT2D eigenvalue weighted by Crippen LogP contribution is 2.33. The maximum Gasteiger partial charge on any atom is 0.371 e. The molecule has 0 atom stereocenters. The quantitative estimate of drug-likeness (QED) is 0.895. The molecule has 0 spiro atoms. The van der Waals surface area contributed by atoms with Crippen LogP contribution in [0.4, 0.5) is 11.6 Å². The van der Waals surface area contributed by atoms with Gasteiger partial charge in [-0.3, -0.25) is 0 Å². The number of carbonyl (C=O) groups is 1. The normalized spacial score (nSPS) is 14.8. The first kappa shape index (κ1) is 11.8. The summed E-state index contributed by atoms with van der Waals surface area (Å²) in [4.78, 5) is 13.0. The number of aromatic carboxylic acids is 1. The van der Waals surface area contributed by atoms with E-state index in [-0.39, 0.29) is 5.76 Å². The highest BCUT2D eigenvalue weighted by atomic mass is 16.4. The molecule has 0 unspecified atom stereocenters. The van der Waals surface area contributed by atoms with Crippen LogP contribution in [0, 0.1) is 0 Å². The first-order valence-electron chi connectivity index (χ1n) is 6.44. The van der Waals surface area contributed by atoms with Crippen LogP contribution in [0.1, 0.15) is 29.0 Å². The van der Waals surface area contributed by atoms with Crippen LogP contribution in [0.25, 0.3) is 0 Å². The predicted molar refractivity (Wildman–Crippen MR) is 72.1 cm³/mol. The van der Waals surface area contributed by atoms with Crippen LogP contribution < -0.4 is 4.90 Å². The van der Waals surface area contributed by atoms with E-state index >= 15 is 0 Å². The zero-order chi connectivity index (χ0) is 13.2. The summed E-state index contributed by atoms with van der Waals surface area (Å²) in [7, 11) is 0. The Labute approximate surface area is 111 Å². The van der Waals surface area contributed by atoms with E-state index < -0.39 is 5.97 Å². The number of anilines is 2. The van der Waals surface area contributed by atoms with Crippen molar-refractivity contribution in [2.75, 3.05) is 11.4 Å². The fourth-order valence-corrected chi connectivity index (χ4v) is 2.51. The maximum atomic E-state index is 10.9. The lowest BCUT2D eigenvalue weighted by Gasteiger charge is -2.21. The largest absolute Gasteiger partial charge is 0.475 e. The lowest BCUT2D eigenvalue weighted by Crippen LogP contribution is -2.17. The van der Waals surface area contributed by atoms with Gasteiger partial charge in [0, 0.05) is 18.3 Å². The number of para-hydroxylation sites is 1. The highest BCUT2D eigenvalue weighted by molar-refractivity contribution is 5.85. The molecule has 1 N–H and O–H groups in total. The third-order valence-electron chi connectivity index (χ3n) is 3.43. The molecular formula is C15H15NO3. The summed E-state index contributed by atoms with van der Waals surface area (Å²) in [5.41, 5.74) is 2.40. The Bertz CT molecular complexity index is 603. The minimum atomic E-state index is -1.03. The molecule has 1 aromatic heterocycles. The van der Waals surface area contributed by atoms with Crippen LogP contribution >= 0.6 is 0 Å². The molecule has 0 aliphatic carbocycles. The summed E-state index contributed by atoms with van der Waals surface area (Å²) in [6.07, 6.45) is 3.26. The number of hydrogen-bond acceptors (Lipinski definition) is 3. The zero-order valence-electron chi connectivity index (χ0n) is 10.5. The van der Waals surface area contributed by atoms with E-state index in [2.05, 4.69) is 17.0 Å². The fourth-order valence-electron chi connectivity index (χ4n) is 2.51. The third-order valence-corrected chi connectivity index (χ3v) is 3.43. The predicted octanol–water partition coefficient (Wildman–Crippen LogP) is 3.45. The van der Waals surface area contributed by atoms with Crippen molar-refractivity contribution < 1.29 is 14.3 Å². The molecule has 0 fully saturated rings. The lowest BCUT2D eigenvalue weighted by atomic mass is 10.1. The van der Waals surface area contributed by atoms with Gasteiger partial charge in [-0.25, -0.2) is 4.79 Å². The summed E-state index contributed by atoms with van der Waals surface area (Å²) in [6, 6.07) is 11.4. The highest BCUT2D eigenvalue weighted by Gasteiger charge is 2.20. The molecule has 3 rings (SSSR count). The maximum absolute atomic E-state index is 10.9. The molecule has 1 aliphatic heterocycles. The molecule has 1 aromatic carbocycles. The van der Waals surface area contributed by atoms with Gasteiger partial charge in [-0.05, 0) is 37.0 Å². The molecule has 4 nitrogen and oxygen atoms in total. The van der Waals surface area contributed by atoms with Gasteiger partial charge in [0.25, 0.3) is 0 Å². The molecule has 4 heteroatoms. The molecule has 0 bridgehead atoms. The van der Waals surface area contributed by atoms with Crippen LogP contribution in [0.3, 0.4) is 0 Å². The van der Waals surface area contributed by atoms with Gasteiger partial charge in [0.1, 0.15) is 0 Å². The summed E-state index contributed by atoms with van der Waals surface area (Å²) < 4.78 is 5.42. The Balaban J connectivity index is 2.01. The number of carboxylic acids is 1. The van der Waals surface area contributed by atoms with Gasteiger partial charge in [0.2, 0.25) is 11.6 Å². The molecule has 1 aliphatic rings. The second-order valence-corrected chi connectivity index (χ2v) is 4.68. The van der Waals surface area contributed by atoms with Gasteiger partial charge in [0.05, 0.1) is 0 Å². The number of nitrogens with zero attached hydrogens (tertiary/aromatic N) is 1. The van der Waals surface area contributed by atoms with E-state index in [1.165, 1.54) is 11.6 Å². The average Bonchev–Trinajstić information content (AvgIpc) is 2.80. The molecule has 2 aromatic rings. The van der Waals surface area contributed by atoms with Crippen LogP contribution in [0.2, 0.25) is 0 Å². The van der Waals surface area contributed by atoms with Crippen molar-refractivity contribution in [2.45, 2.75) is 19.3 Å². The molecule has 19 heavy (non-hydrogen) atoms. The number of rotatable bonds is 2. The summed E-state index contributed by atoms with van der Waals surface area (Å²) in [5, 5.41) is 8.94. The Kier molecular flexibility index (Phi) is 2.99. The smallest absolute Gasteiger partial charge is 0.371 e. The summed E-state index contributed by atoms with van der Waals surface area (Å²) in [5.74, 6) is -0.446. The van der Waals surface area contributed by atoms with Gasteiger partial charge in [-0.15, -0.1) is 0 Å². The SMILES string of the molecule is O=C(O)c1ccc(N2CCCCc3ccccc32)o1. The van der Waals surface area contributed by atoms with E-state index in [1.807, 2.05) is 12.1 Å². The minimum Gasteiger partial charge on any atom is -0.475 e. The van der Waals surface area contributed by atoms with Crippen molar-refractivity contribution in [1.82, 2.24) is 0 Å². The van der Waals surface area contributed by atoms with Crippen molar-refractivity contribution in [2.24, 2.45) is 0 Å². The van der Waals surface area contributed by atoms with Crippen LogP contribution in [-0.2, 0) is 6.42 Å². The second kappa shape index (κ2) is 4.80. The van der Waals surface area contributed by atoms with Crippen molar-refractivity contribution in [3.63, 3.8) is 0 Å². The molecule has 0 saturated heterocycles. The lowest BCUT2D eigenvalue weighted by molar-refractivity contribution is 0.0663. The zero-order valence-corrected chi connectivity index (χ0v) is 10.5. The van der Waals surface area contributed by atoms with Crippen LogP contribution in [0.15, 0.2) is 40.8 Å². The van der Waals surface area contributed by atoms with E-state index in [0.717, 1.165) is 31.5 Å². The van der Waals surface area contributed by atoms with Crippen LogP contribution in [0.5, 0.6) is 0 Å². The third kappa shape index (κ3) is 2.21. The summed E-state index contributed by atoms with van der Waals surface area (Å²) >= 11 is 0. The van der Waals surface area contributed by atoms with Crippen molar-refractivity contribution in [1.29, 1.82) is 0 Å². The van der Waals surface area contributed by atoms with Crippen molar-refractivity contribution in [3.8, 4) is 0 Å². The molecule has 0 saturated carbocycles. The van der Waals surface area contributed by atoms with Gasteiger partial charge >= 0.3 is 5.97 Å². The van der Waals surface area contributed by atoms with Crippen LogP contribution in [-0.4, -0.2) is 17.6 Å².